The van der Waals surface area contributed by atoms with Crippen molar-refractivity contribution >= 4 is 5.97 Å². The number of nitrogens with one attached hydrogen (secondary N) is 1. The number of carbonyl (C=O) groups is 1. The van der Waals surface area contributed by atoms with E-state index < -0.39 is 5.97 Å². The summed E-state index contributed by atoms with van der Waals surface area (Å²) in [6.45, 7) is 2.31. The van der Waals surface area contributed by atoms with E-state index in [0.29, 0.717) is 12.1 Å². The molecule has 1 aromatic carbocycles. The number of hydrogen-bond acceptors (Lipinski definition) is 3. The summed E-state index contributed by atoms with van der Waals surface area (Å²) in [6.07, 6.45) is 6.10. The van der Waals surface area contributed by atoms with Gasteiger partial charge in [0.25, 0.3) is 0 Å². The molecule has 0 heterocycles. The first kappa shape index (κ1) is 16.1. The van der Waals surface area contributed by atoms with Crippen LogP contribution in [0.15, 0.2) is 30.3 Å². The van der Waals surface area contributed by atoms with Crippen LogP contribution in [-0.2, 0) is 4.79 Å². The molecule has 3 fully saturated rings. The SMILES string of the molecule is O=C(O)CN(CC1CC1)C1CC(NCC2CC2c2ccccc2)C1. The van der Waals surface area contributed by atoms with Gasteiger partial charge < -0.3 is 10.4 Å². The van der Waals surface area contributed by atoms with Gasteiger partial charge in [-0.2, -0.15) is 0 Å². The molecular formula is C20H28N2O2. The third kappa shape index (κ3) is 3.98. The summed E-state index contributed by atoms with van der Waals surface area (Å²) in [4.78, 5) is 13.3. The van der Waals surface area contributed by atoms with E-state index in [1.807, 2.05) is 0 Å². The van der Waals surface area contributed by atoms with Crippen molar-refractivity contribution in [2.45, 2.75) is 50.1 Å². The number of carboxylic acid groups (broad SMARTS) is 1. The fourth-order valence-corrected chi connectivity index (χ4v) is 4.10. The number of carboxylic acids is 1. The Balaban J connectivity index is 1.17. The standard InChI is InChI=1S/C20H28N2O2/c23-20(24)13-22(12-14-6-7-14)18-9-17(10-18)21-11-16-8-19(16)15-4-2-1-3-5-15/h1-5,14,16-19,21H,6-13H2,(H,23,24). The molecule has 1 aromatic rings. The van der Waals surface area contributed by atoms with Crippen LogP contribution in [-0.4, -0.2) is 47.7 Å². The van der Waals surface area contributed by atoms with Crippen molar-refractivity contribution in [2.75, 3.05) is 19.6 Å². The van der Waals surface area contributed by atoms with Gasteiger partial charge in [0, 0.05) is 18.6 Å². The third-order valence-electron chi connectivity index (χ3n) is 5.98. The molecule has 130 valence electrons. The molecule has 0 spiro atoms. The first-order valence-corrected chi connectivity index (χ1v) is 9.43. The lowest BCUT2D eigenvalue weighted by Gasteiger charge is -2.43. The average molecular weight is 328 g/mol. The van der Waals surface area contributed by atoms with E-state index in [4.69, 9.17) is 5.11 Å². The second kappa shape index (κ2) is 6.85. The van der Waals surface area contributed by atoms with Crippen molar-refractivity contribution in [3.63, 3.8) is 0 Å². The van der Waals surface area contributed by atoms with Gasteiger partial charge in [0.05, 0.1) is 6.54 Å². The molecule has 4 nitrogen and oxygen atoms in total. The van der Waals surface area contributed by atoms with Crippen LogP contribution in [0.1, 0.15) is 43.6 Å². The summed E-state index contributed by atoms with van der Waals surface area (Å²) in [5, 5.41) is 12.8. The first-order chi connectivity index (χ1) is 11.7. The van der Waals surface area contributed by atoms with Gasteiger partial charge in [0.15, 0.2) is 0 Å². The zero-order valence-corrected chi connectivity index (χ0v) is 14.2. The molecule has 2 unspecified atom stereocenters. The van der Waals surface area contributed by atoms with E-state index in [2.05, 4.69) is 40.5 Å². The second-order valence-electron chi connectivity index (χ2n) is 8.01. The van der Waals surface area contributed by atoms with Gasteiger partial charge in [-0.05, 0) is 62.0 Å². The summed E-state index contributed by atoms with van der Waals surface area (Å²) < 4.78 is 0. The van der Waals surface area contributed by atoms with Crippen molar-refractivity contribution < 1.29 is 9.90 Å². The fraction of sp³-hybridized carbons (Fsp3) is 0.650. The van der Waals surface area contributed by atoms with Crippen LogP contribution >= 0.6 is 0 Å². The number of hydrogen-bond donors (Lipinski definition) is 2. The van der Waals surface area contributed by atoms with Crippen molar-refractivity contribution in [3.05, 3.63) is 35.9 Å². The van der Waals surface area contributed by atoms with Crippen LogP contribution in [0.4, 0.5) is 0 Å². The molecule has 2 N–H and O–H groups in total. The zero-order valence-electron chi connectivity index (χ0n) is 14.2. The third-order valence-corrected chi connectivity index (χ3v) is 5.98. The molecule has 0 saturated heterocycles. The molecule has 0 radical (unpaired) electrons. The highest BCUT2D eigenvalue weighted by molar-refractivity contribution is 5.69. The molecule has 3 aliphatic rings. The Bertz CT molecular complexity index is 566. The maximum absolute atomic E-state index is 11.1. The van der Waals surface area contributed by atoms with Gasteiger partial charge in [-0.15, -0.1) is 0 Å². The Hall–Kier alpha value is -1.39. The molecule has 0 amide bonds. The molecule has 4 heteroatoms. The van der Waals surface area contributed by atoms with Crippen molar-refractivity contribution in [1.82, 2.24) is 10.2 Å². The van der Waals surface area contributed by atoms with E-state index in [0.717, 1.165) is 43.7 Å². The summed E-state index contributed by atoms with van der Waals surface area (Å²) in [7, 11) is 0. The lowest BCUT2D eigenvalue weighted by atomic mass is 9.85. The highest BCUT2D eigenvalue weighted by Gasteiger charge is 2.40. The highest BCUT2D eigenvalue weighted by atomic mass is 16.4. The summed E-state index contributed by atoms with van der Waals surface area (Å²) in [5.41, 5.74) is 1.48. The van der Waals surface area contributed by atoms with Gasteiger partial charge in [-0.3, -0.25) is 9.69 Å². The molecule has 0 bridgehead atoms. The lowest BCUT2D eigenvalue weighted by Crippen LogP contribution is -2.54. The fourth-order valence-electron chi connectivity index (χ4n) is 4.10. The Kier molecular flexibility index (Phi) is 4.59. The van der Waals surface area contributed by atoms with Gasteiger partial charge in [0.1, 0.15) is 0 Å². The summed E-state index contributed by atoms with van der Waals surface area (Å²) in [6, 6.07) is 11.9. The lowest BCUT2D eigenvalue weighted by molar-refractivity contribution is -0.139. The first-order valence-electron chi connectivity index (χ1n) is 9.43. The molecule has 0 aliphatic heterocycles. The van der Waals surface area contributed by atoms with Crippen LogP contribution in [0.25, 0.3) is 0 Å². The molecule has 24 heavy (non-hydrogen) atoms. The van der Waals surface area contributed by atoms with Crippen LogP contribution < -0.4 is 5.32 Å². The Morgan fingerprint density at radius 1 is 1.17 bits per heavy atom. The van der Waals surface area contributed by atoms with E-state index in [1.165, 1.54) is 24.8 Å². The minimum atomic E-state index is -0.684. The molecule has 0 aromatic heterocycles. The average Bonchev–Trinajstić information content (AvgIpc) is 3.41. The predicted octanol–water partition coefficient (Wildman–Crippen LogP) is 2.71. The Labute approximate surface area is 144 Å². The maximum atomic E-state index is 11.1. The largest absolute Gasteiger partial charge is 0.480 e. The van der Waals surface area contributed by atoms with Crippen LogP contribution in [0.3, 0.4) is 0 Å². The topological polar surface area (TPSA) is 52.6 Å². The Morgan fingerprint density at radius 2 is 1.92 bits per heavy atom. The second-order valence-corrected chi connectivity index (χ2v) is 8.01. The summed E-state index contributed by atoms with van der Waals surface area (Å²) >= 11 is 0. The van der Waals surface area contributed by atoms with Gasteiger partial charge in [0.2, 0.25) is 0 Å². The van der Waals surface area contributed by atoms with Gasteiger partial charge in [-0.1, -0.05) is 30.3 Å². The zero-order chi connectivity index (χ0) is 16.5. The Morgan fingerprint density at radius 3 is 2.58 bits per heavy atom. The molecular weight excluding hydrogens is 300 g/mol. The van der Waals surface area contributed by atoms with E-state index in [9.17, 15) is 4.79 Å². The van der Waals surface area contributed by atoms with Crippen molar-refractivity contribution in [1.29, 1.82) is 0 Å². The smallest absolute Gasteiger partial charge is 0.317 e. The highest BCUT2D eigenvalue weighted by Crippen LogP contribution is 2.47. The van der Waals surface area contributed by atoms with Gasteiger partial charge in [-0.25, -0.2) is 0 Å². The number of nitrogens with zero attached hydrogens (tertiary/aromatic N) is 1. The van der Waals surface area contributed by atoms with Crippen LogP contribution in [0.2, 0.25) is 0 Å². The van der Waals surface area contributed by atoms with Crippen molar-refractivity contribution in [2.24, 2.45) is 11.8 Å². The van der Waals surface area contributed by atoms with E-state index in [-0.39, 0.29) is 6.54 Å². The molecule has 3 saturated carbocycles. The van der Waals surface area contributed by atoms with Gasteiger partial charge >= 0.3 is 5.97 Å². The number of rotatable bonds is 9. The van der Waals surface area contributed by atoms with Crippen molar-refractivity contribution in [3.8, 4) is 0 Å². The normalized spacial score (nSPS) is 31.7. The van der Waals surface area contributed by atoms with E-state index >= 15 is 0 Å². The quantitative estimate of drug-likeness (QED) is 0.732. The summed E-state index contributed by atoms with van der Waals surface area (Å²) in [5.74, 6) is 1.60. The monoisotopic (exact) mass is 328 g/mol. The van der Waals surface area contributed by atoms with E-state index in [1.54, 1.807) is 0 Å². The maximum Gasteiger partial charge on any atom is 0.317 e. The number of benzene rings is 1. The molecule has 4 rings (SSSR count). The van der Waals surface area contributed by atoms with Crippen LogP contribution in [0.5, 0.6) is 0 Å². The van der Waals surface area contributed by atoms with Crippen LogP contribution in [0, 0.1) is 11.8 Å². The predicted molar refractivity (Wildman–Crippen MR) is 94.0 cm³/mol. The number of aliphatic carboxylic acids is 1. The minimum Gasteiger partial charge on any atom is -0.480 e. The molecule has 2 atom stereocenters. The molecule has 3 aliphatic carbocycles. The minimum absolute atomic E-state index is 0.215.